The van der Waals surface area contributed by atoms with Crippen LogP contribution in [0.2, 0.25) is 0 Å². The number of morpholine rings is 1. The Kier molecular flexibility index (Phi) is 3.70. The van der Waals surface area contributed by atoms with Gasteiger partial charge in [0, 0.05) is 47.5 Å². The summed E-state index contributed by atoms with van der Waals surface area (Å²) in [5, 5.41) is 2.05. The maximum absolute atomic E-state index is 5.45. The van der Waals surface area contributed by atoms with Gasteiger partial charge in [-0.15, -0.1) is 0 Å². The van der Waals surface area contributed by atoms with Gasteiger partial charge in [0.15, 0.2) is 0 Å². The number of pyridine rings is 2. The molecule has 5 aromatic rings. The lowest BCUT2D eigenvalue weighted by Gasteiger charge is -2.28. The summed E-state index contributed by atoms with van der Waals surface area (Å²) in [4.78, 5) is 20.0. The molecule has 0 amide bonds. The number of imidazole rings is 1. The summed E-state index contributed by atoms with van der Waals surface area (Å²) < 4.78 is 5.45. The Balaban J connectivity index is 1.51. The van der Waals surface area contributed by atoms with Crippen LogP contribution in [0.4, 0.5) is 5.69 Å². The van der Waals surface area contributed by atoms with Crippen LogP contribution in [-0.4, -0.2) is 46.2 Å². The molecule has 0 saturated carbocycles. The number of rotatable bonds is 2. The van der Waals surface area contributed by atoms with E-state index in [1.54, 1.807) is 6.20 Å². The van der Waals surface area contributed by atoms with E-state index in [1.165, 1.54) is 5.69 Å². The van der Waals surface area contributed by atoms with Crippen molar-refractivity contribution in [3.05, 3.63) is 60.9 Å². The minimum atomic E-state index is 0.785. The van der Waals surface area contributed by atoms with Gasteiger partial charge in [-0.3, -0.25) is 9.97 Å². The van der Waals surface area contributed by atoms with Crippen molar-refractivity contribution in [3.63, 3.8) is 0 Å². The van der Waals surface area contributed by atoms with Crippen LogP contribution in [0.1, 0.15) is 0 Å². The molecule has 3 aromatic heterocycles. The van der Waals surface area contributed by atoms with Gasteiger partial charge >= 0.3 is 0 Å². The van der Waals surface area contributed by atoms with E-state index < -0.39 is 0 Å². The highest BCUT2D eigenvalue weighted by Gasteiger charge is 2.16. The molecule has 0 radical (unpaired) electrons. The molecule has 0 spiro atoms. The maximum Gasteiger partial charge on any atom is 0.138 e. The van der Waals surface area contributed by atoms with Crippen molar-refractivity contribution in [1.29, 1.82) is 0 Å². The van der Waals surface area contributed by atoms with Crippen LogP contribution in [-0.2, 0) is 4.74 Å². The summed E-state index contributed by atoms with van der Waals surface area (Å²) in [6.07, 6.45) is 3.62. The number of aromatic nitrogens is 4. The van der Waals surface area contributed by atoms with Crippen molar-refractivity contribution < 1.29 is 4.74 Å². The number of ether oxygens (including phenoxy) is 1. The van der Waals surface area contributed by atoms with Gasteiger partial charge in [0.25, 0.3) is 0 Å². The van der Waals surface area contributed by atoms with Crippen molar-refractivity contribution in [2.24, 2.45) is 0 Å². The van der Waals surface area contributed by atoms with Gasteiger partial charge in [0.2, 0.25) is 0 Å². The first kappa shape index (κ1) is 16.4. The van der Waals surface area contributed by atoms with Crippen LogP contribution in [0.25, 0.3) is 44.2 Å². The Hall–Kier alpha value is -3.51. The molecule has 1 N–H and O–H groups in total. The first-order valence-electron chi connectivity index (χ1n) is 9.83. The Morgan fingerprint density at radius 3 is 2.24 bits per heavy atom. The van der Waals surface area contributed by atoms with Gasteiger partial charge in [0.05, 0.1) is 35.3 Å². The Labute approximate surface area is 167 Å². The van der Waals surface area contributed by atoms with Gasteiger partial charge in [-0.25, -0.2) is 4.98 Å². The molecule has 0 atom stereocenters. The molecule has 4 heterocycles. The molecule has 6 nitrogen and oxygen atoms in total. The average molecular weight is 381 g/mol. The van der Waals surface area contributed by atoms with Crippen LogP contribution in [0, 0.1) is 0 Å². The molecule has 0 unspecified atom stereocenters. The molecular weight excluding hydrogens is 362 g/mol. The minimum absolute atomic E-state index is 0.785. The number of hydrogen-bond donors (Lipinski definition) is 1. The Morgan fingerprint density at radius 1 is 0.793 bits per heavy atom. The summed E-state index contributed by atoms with van der Waals surface area (Å²) in [7, 11) is 0. The van der Waals surface area contributed by atoms with E-state index in [4.69, 9.17) is 9.72 Å². The molecule has 6 heteroatoms. The van der Waals surface area contributed by atoms with Crippen LogP contribution in [0.3, 0.4) is 0 Å². The second-order valence-corrected chi connectivity index (χ2v) is 7.25. The highest BCUT2D eigenvalue weighted by Crippen LogP contribution is 2.33. The predicted molar refractivity (Wildman–Crippen MR) is 115 cm³/mol. The number of benzene rings is 2. The van der Waals surface area contributed by atoms with Gasteiger partial charge in [0.1, 0.15) is 5.82 Å². The number of nitrogens with zero attached hydrogens (tertiary/aromatic N) is 4. The van der Waals surface area contributed by atoms with E-state index in [1.807, 2.05) is 18.3 Å². The van der Waals surface area contributed by atoms with Crippen molar-refractivity contribution in [3.8, 4) is 11.4 Å². The molecule has 1 saturated heterocycles. The van der Waals surface area contributed by atoms with E-state index in [-0.39, 0.29) is 0 Å². The van der Waals surface area contributed by atoms with E-state index in [0.717, 1.165) is 70.5 Å². The van der Waals surface area contributed by atoms with Gasteiger partial charge in [-0.1, -0.05) is 0 Å². The average Bonchev–Trinajstić information content (AvgIpc) is 3.26. The molecule has 1 fully saturated rings. The number of aromatic amines is 1. The standard InChI is InChI=1S/C23H19N5O/c1-3-17-19(24-9-1)20-18(4-2-10-25-20)22-21(17)26-23(27-22)15-5-7-16(8-6-15)28-11-13-29-14-12-28/h1-10H,11-14H2,(H,26,27). The summed E-state index contributed by atoms with van der Waals surface area (Å²) in [5.74, 6) is 0.857. The summed E-state index contributed by atoms with van der Waals surface area (Å²) in [6, 6.07) is 16.6. The summed E-state index contributed by atoms with van der Waals surface area (Å²) >= 11 is 0. The number of H-pyrrole nitrogens is 1. The zero-order valence-electron chi connectivity index (χ0n) is 15.8. The third-order valence-electron chi connectivity index (χ3n) is 5.58. The quantitative estimate of drug-likeness (QED) is 0.465. The molecule has 29 heavy (non-hydrogen) atoms. The SMILES string of the molecule is c1cnc2c(c1)c1nc(-c3ccc(N4CCOCC4)cc3)[nH]c1c1cccnc12. The molecule has 2 aromatic carbocycles. The largest absolute Gasteiger partial charge is 0.378 e. The lowest BCUT2D eigenvalue weighted by atomic mass is 10.1. The molecule has 1 aliphatic heterocycles. The van der Waals surface area contributed by atoms with Crippen molar-refractivity contribution in [2.45, 2.75) is 0 Å². The van der Waals surface area contributed by atoms with E-state index in [9.17, 15) is 0 Å². The molecule has 142 valence electrons. The first-order valence-corrected chi connectivity index (χ1v) is 9.83. The van der Waals surface area contributed by atoms with Gasteiger partial charge < -0.3 is 14.6 Å². The van der Waals surface area contributed by atoms with Crippen molar-refractivity contribution in [2.75, 3.05) is 31.2 Å². The Morgan fingerprint density at radius 2 is 1.48 bits per heavy atom. The number of fused-ring (bicyclic) bond motifs is 6. The van der Waals surface area contributed by atoms with Crippen LogP contribution in [0.5, 0.6) is 0 Å². The normalized spacial score (nSPS) is 14.8. The zero-order valence-corrected chi connectivity index (χ0v) is 15.8. The molecule has 0 aliphatic carbocycles. The molecule has 1 aliphatic rings. The second-order valence-electron chi connectivity index (χ2n) is 7.25. The fraction of sp³-hybridized carbons (Fsp3) is 0.174. The van der Waals surface area contributed by atoms with Crippen molar-refractivity contribution in [1.82, 2.24) is 19.9 Å². The highest BCUT2D eigenvalue weighted by atomic mass is 16.5. The molecule has 6 rings (SSSR count). The lowest BCUT2D eigenvalue weighted by Crippen LogP contribution is -2.36. The molecular formula is C23H19N5O. The van der Waals surface area contributed by atoms with E-state index >= 15 is 0 Å². The first-order chi connectivity index (χ1) is 14.4. The third kappa shape index (κ3) is 2.64. The smallest absolute Gasteiger partial charge is 0.138 e. The van der Waals surface area contributed by atoms with Crippen molar-refractivity contribution >= 4 is 38.5 Å². The predicted octanol–water partition coefficient (Wildman–Crippen LogP) is 4.16. The van der Waals surface area contributed by atoms with Crippen LogP contribution >= 0.6 is 0 Å². The number of nitrogens with one attached hydrogen (secondary N) is 1. The van der Waals surface area contributed by atoms with E-state index in [0.29, 0.717) is 0 Å². The third-order valence-corrected chi connectivity index (χ3v) is 5.58. The van der Waals surface area contributed by atoms with Crippen LogP contribution < -0.4 is 4.90 Å². The highest BCUT2D eigenvalue weighted by molar-refractivity contribution is 6.21. The summed E-state index contributed by atoms with van der Waals surface area (Å²) in [5.41, 5.74) is 6.00. The molecule has 0 bridgehead atoms. The number of hydrogen-bond acceptors (Lipinski definition) is 5. The zero-order chi connectivity index (χ0) is 19.2. The van der Waals surface area contributed by atoms with E-state index in [2.05, 4.69) is 56.3 Å². The lowest BCUT2D eigenvalue weighted by molar-refractivity contribution is 0.122. The van der Waals surface area contributed by atoms with Gasteiger partial charge in [-0.05, 0) is 48.5 Å². The minimum Gasteiger partial charge on any atom is -0.378 e. The summed E-state index contributed by atoms with van der Waals surface area (Å²) in [6.45, 7) is 3.44. The monoisotopic (exact) mass is 381 g/mol. The number of anilines is 1. The second kappa shape index (κ2) is 6.53. The topological polar surface area (TPSA) is 66.9 Å². The van der Waals surface area contributed by atoms with Gasteiger partial charge in [-0.2, -0.15) is 0 Å². The Bertz CT molecular complexity index is 1260. The fourth-order valence-electron chi connectivity index (χ4n) is 4.13. The maximum atomic E-state index is 5.45. The fourth-order valence-corrected chi connectivity index (χ4v) is 4.13. The van der Waals surface area contributed by atoms with Crippen LogP contribution in [0.15, 0.2) is 60.9 Å².